The number of nitrogens with one attached hydrogen (secondary N) is 2. The van der Waals surface area contributed by atoms with Crippen LogP contribution >= 0.6 is 0 Å². The van der Waals surface area contributed by atoms with Crippen LogP contribution < -0.4 is 10.6 Å². The van der Waals surface area contributed by atoms with E-state index in [4.69, 9.17) is 9.97 Å². The van der Waals surface area contributed by atoms with Gasteiger partial charge in [-0.15, -0.1) is 0 Å². The van der Waals surface area contributed by atoms with Gasteiger partial charge in [-0.3, -0.25) is 4.79 Å². The van der Waals surface area contributed by atoms with Gasteiger partial charge in [0.05, 0.1) is 16.7 Å². The molecule has 174 valence electrons. The minimum Gasteiger partial charge on any atom is -0.348 e. The van der Waals surface area contributed by atoms with Crippen LogP contribution in [0.5, 0.6) is 0 Å². The van der Waals surface area contributed by atoms with Gasteiger partial charge in [0.15, 0.2) is 11.6 Å². The van der Waals surface area contributed by atoms with Crippen molar-refractivity contribution in [3.63, 3.8) is 0 Å². The number of aromatic nitrogens is 4. The van der Waals surface area contributed by atoms with Crippen LogP contribution in [0.15, 0.2) is 78.9 Å². The molecule has 5 aromatic rings. The first-order chi connectivity index (χ1) is 17.0. The molecule has 2 aromatic heterocycles. The van der Waals surface area contributed by atoms with E-state index < -0.39 is 0 Å². The van der Waals surface area contributed by atoms with Gasteiger partial charge in [-0.05, 0) is 68.8 Å². The Kier molecular flexibility index (Phi) is 5.97. The summed E-state index contributed by atoms with van der Waals surface area (Å²) in [5.74, 6) is 1.09. The molecule has 0 atom stereocenters. The average Bonchev–Trinajstić information content (AvgIpc) is 3.21. The van der Waals surface area contributed by atoms with Crippen molar-refractivity contribution in [1.82, 2.24) is 25.1 Å². The zero-order valence-electron chi connectivity index (χ0n) is 19.9. The Balaban J connectivity index is 1.38. The van der Waals surface area contributed by atoms with Crippen LogP contribution in [-0.2, 0) is 6.54 Å². The Labute approximate surface area is 203 Å². The molecule has 0 unspecified atom stereocenters. The lowest BCUT2D eigenvalue weighted by Crippen LogP contribution is -2.22. The number of anilines is 2. The monoisotopic (exact) mass is 462 g/mol. The van der Waals surface area contributed by atoms with Crippen molar-refractivity contribution in [2.45, 2.75) is 27.3 Å². The molecule has 0 aliphatic rings. The summed E-state index contributed by atoms with van der Waals surface area (Å²) in [6, 6.07) is 25.2. The average molecular weight is 463 g/mol. The smallest absolute Gasteiger partial charge is 0.251 e. The number of hydrogen-bond donors (Lipinski definition) is 2. The second-order valence-corrected chi connectivity index (χ2v) is 8.59. The van der Waals surface area contributed by atoms with E-state index in [1.165, 1.54) is 5.56 Å². The van der Waals surface area contributed by atoms with Gasteiger partial charge in [0.2, 0.25) is 0 Å². The zero-order valence-corrected chi connectivity index (χ0v) is 19.9. The molecule has 0 saturated heterocycles. The van der Waals surface area contributed by atoms with Gasteiger partial charge in [-0.2, -0.15) is 5.10 Å². The van der Waals surface area contributed by atoms with Gasteiger partial charge >= 0.3 is 0 Å². The van der Waals surface area contributed by atoms with E-state index in [9.17, 15) is 4.79 Å². The van der Waals surface area contributed by atoms with E-state index in [1.807, 2.05) is 87.5 Å². The fourth-order valence-corrected chi connectivity index (χ4v) is 3.90. The summed E-state index contributed by atoms with van der Waals surface area (Å²) in [4.78, 5) is 22.3. The highest BCUT2D eigenvalue weighted by atomic mass is 16.1. The minimum absolute atomic E-state index is 0.119. The molecule has 0 fully saturated rings. The Hall–Kier alpha value is -4.52. The standard InChI is InChI=1S/C28H26N6O/c1-18-8-10-21(11-9-18)17-29-28(35)22-12-14-23(15-13-22)30-26-27(34-20(3)16-19(2)33-34)32-25-7-5-4-6-24(25)31-26/h4-16H,17H2,1-3H3,(H,29,35)(H,30,31). The zero-order chi connectivity index (χ0) is 24.4. The summed E-state index contributed by atoms with van der Waals surface area (Å²) in [5, 5.41) is 10.9. The van der Waals surface area contributed by atoms with Crippen LogP contribution in [0.25, 0.3) is 16.9 Å². The number of benzene rings is 3. The topological polar surface area (TPSA) is 84.7 Å². The second kappa shape index (κ2) is 9.38. The van der Waals surface area contributed by atoms with E-state index >= 15 is 0 Å². The van der Waals surface area contributed by atoms with Gasteiger partial charge in [-0.25, -0.2) is 14.6 Å². The lowest BCUT2D eigenvalue weighted by molar-refractivity contribution is 0.0951. The van der Waals surface area contributed by atoms with Crippen LogP contribution in [0.3, 0.4) is 0 Å². The van der Waals surface area contributed by atoms with Gasteiger partial charge in [0.25, 0.3) is 5.91 Å². The van der Waals surface area contributed by atoms with Crippen molar-refractivity contribution in [3.8, 4) is 5.82 Å². The van der Waals surface area contributed by atoms with E-state index in [0.29, 0.717) is 23.7 Å². The first-order valence-corrected chi connectivity index (χ1v) is 11.5. The number of rotatable bonds is 6. The lowest BCUT2D eigenvalue weighted by Gasteiger charge is -2.13. The normalized spacial score (nSPS) is 10.9. The molecular formula is C28H26N6O. The summed E-state index contributed by atoms with van der Waals surface area (Å²) in [7, 11) is 0. The maximum atomic E-state index is 12.6. The highest BCUT2D eigenvalue weighted by molar-refractivity contribution is 5.94. The molecule has 1 amide bonds. The van der Waals surface area contributed by atoms with Crippen LogP contribution in [-0.4, -0.2) is 25.7 Å². The van der Waals surface area contributed by atoms with Crippen molar-refractivity contribution in [3.05, 3.63) is 107 Å². The van der Waals surface area contributed by atoms with Crippen LogP contribution in [0.4, 0.5) is 11.5 Å². The molecule has 2 heterocycles. The SMILES string of the molecule is Cc1ccc(CNC(=O)c2ccc(Nc3nc4ccccc4nc3-n3nc(C)cc3C)cc2)cc1. The Bertz CT molecular complexity index is 1500. The summed E-state index contributed by atoms with van der Waals surface area (Å²) in [6.07, 6.45) is 0. The summed E-state index contributed by atoms with van der Waals surface area (Å²) in [5.41, 5.74) is 7.10. The molecule has 3 aromatic carbocycles. The van der Waals surface area contributed by atoms with Crippen LogP contribution in [0.2, 0.25) is 0 Å². The number of hydrogen-bond acceptors (Lipinski definition) is 5. The molecule has 0 saturated carbocycles. The van der Waals surface area contributed by atoms with Crippen molar-refractivity contribution in [1.29, 1.82) is 0 Å². The Morgan fingerprint density at radius 2 is 1.54 bits per heavy atom. The maximum absolute atomic E-state index is 12.6. The predicted octanol–water partition coefficient (Wildman–Crippen LogP) is 5.41. The highest BCUT2D eigenvalue weighted by Crippen LogP contribution is 2.25. The van der Waals surface area contributed by atoms with E-state index in [-0.39, 0.29) is 5.91 Å². The number of carbonyl (C=O) groups is 1. The first-order valence-electron chi connectivity index (χ1n) is 11.5. The molecule has 5 rings (SSSR count). The number of carbonyl (C=O) groups excluding carboxylic acids is 1. The van der Waals surface area contributed by atoms with Gasteiger partial charge < -0.3 is 10.6 Å². The molecule has 7 nitrogen and oxygen atoms in total. The summed E-state index contributed by atoms with van der Waals surface area (Å²) in [6.45, 7) is 6.47. The number of fused-ring (bicyclic) bond motifs is 1. The first kappa shape index (κ1) is 22.3. The molecule has 2 N–H and O–H groups in total. The summed E-state index contributed by atoms with van der Waals surface area (Å²) >= 11 is 0. The van der Waals surface area contributed by atoms with Gasteiger partial charge in [0.1, 0.15) is 0 Å². The van der Waals surface area contributed by atoms with E-state index in [0.717, 1.165) is 33.7 Å². The van der Waals surface area contributed by atoms with E-state index in [1.54, 1.807) is 16.8 Å². The van der Waals surface area contributed by atoms with Crippen LogP contribution in [0.1, 0.15) is 32.9 Å². The minimum atomic E-state index is -0.119. The van der Waals surface area contributed by atoms with Crippen molar-refractivity contribution in [2.75, 3.05) is 5.32 Å². The molecule has 0 bridgehead atoms. The van der Waals surface area contributed by atoms with Gasteiger partial charge in [-0.1, -0.05) is 42.0 Å². The fraction of sp³-hybridized carbons (Fsp3) is 0.143. The fourth-order valence-electron chi connectivity index (χ4n) is 3.90. The molecule has 0 radical (unpaired) electrons. The largest absolute Gasteiger partial charge is 0.348 e. The number of nitrogens with zero attached hydrogens (tertiary/aromatic N) is 4. The highest BCUT2D eigenvalue weighted by Gasteiger charge is 2.15. The molecule has 7 heteroatoms. The lowest BCUT2D eigenvalue weighted by atomic mass is 10.1. The molecule has 35 heavy (non-hydrogen) atoms. The second-order valence-electron chi connectivity index (χ2n) is 8.59. The van der Waals surface area contributed by atoms with Crippen molar-refractivity contribution in [2.24, 2.45) is 0 Å². The van der Waals surface area contributed by atoms with Crippen molar-refractivity contribution < 1.29 is 4.79 Å². The third kappa shape index (κ3) is 4.89. The number of aryl methyl sites for hydroxylation is 3. The molecular weight excluding hydrogens is 436 g/mol. The van der Waals surface area contributed by atoms with Gasteiger partial charge in [0, 0.05) is 23.5 Å². The maximum Gasteiger partial charge on any atom is 0.251 e. The number of amides is 1. The van der Waals surface area contributed by atoms with E-state index in [2.05, 4.69) is 15.7 Å². The number of para-hydroxylation sites is 2. The predicted molar refractivity (Wildman–Crippen MR) is 138 cm³/mol. The molecule has 0 spiro atoms. The third-order valence-electron chi connectivity index (χ3n) is 5.75. The Morgan fingerprint density at radius 3 is 2.20 bits per heavy atom. The van der Waals surface area contributed by atoms with Crippen LogP contribution in [0, 0.1) is 20.8 Å². The summed E-state index contributed by atoms with van der Waals surface area (Å²) < 4.78 is 1.80. The van der Waals surface area contributed by atoms with Crippen molar-refractivity contribution >= 4 is 28.4 Å². The molecule has 0 aliphatic heterocycles. The quantitative estimate of drug-likeness (QED) is 0.352. The molecule has 0 aliphatic carbocycles. The Morgan fingerprint density at radius 1 is 0.857 bits per heavy atom. The third-order valence-corrected chi connectivity index (χ3v) is 5.75.